The van der Waals surface area contributed by atoms with Crippen LogP contribution in [0.15, 0.2) is 53.9 Å². The summed E-state index contributed by atoms with van der Waals surface area (Å²) in [7, 11) is -3.34. The van der Waals surface area contributed by atoms with Gasteiger partial charge in [-0.3, -0.25) is 9.52 Å². The van der Waals surface area contributed by atoms with Crippen molar-refractivity contribution in [1.82, 2.24) is 10.3 Å². The Morgan fingerprint density at radius 3 is 2.63 bits per heavy atom. The molecule has 1 heterocycles. The number of ether oxygens (including phenoxy) is 1. The average molecular weight is 446 g/mol. The summed E-state index contributed by atoms with van der Waals surface area (Å²) in [5.74, 6) is 0.660. The number of benzene rings is 2. The summed E-state index contributed by atoms with van der Waals surface area (Å²) in [5.41, 5.74) is 2.94. The molecule has 0 fully saturated rings. The lowest BCUT2D eigenvalue weighted by Gasteiger charge is -2.08. The molecule has 158 valence electrons. The average Bonchev–Trinajstić information content (AvgIpc) is 3.15. The Bertz CT molecular complexity index is 1110. The Hall–Kier alpha value is -2.91. The summed E-state index contributed by atoms with van der Waals surface area (Å²) < 4.78 is 30.5. The zero-order valence-electron chi connectivity index (χ0n) is 16.7. The summed E-state index contributed by atoms with van der Waals surface area (Å²) >= 11 is 1.49. The van der Waals surface area contributed by atoms with Crippen molar-refractivity contribution in [3.63, 3.8) is 0 Å². The second-order valence-electron chi connectivity index (χ2n) is 6.63. The quantitative estimate of drug-likeness (QED) is 0.526. The van der Waals surface area contributed by atoms with E-state index in [0.29, 0.717) is 24.5 Å². The minimum absolute atomic E-state index is 0.153. The van der Waals surface area contributed by atoms with E-state index in [4.69, 9.17) is 4.74 Å². The van der Waals surface area contributed by atoms with Crippen molar-refractivity contribution in [2.75, 3.05) is 17.6 Å². The first-order valence-electron chi connectivity index (χ1n) is 9.33. The highest BCUT2D eigenvalue weighted by Crippen LogP contribution is 2.26. The summed E-state index contributed by atoms with van der Waals surface area (Å²) in [5, 5.41) is 5.56. The van der Waals surface area contributed by atoms with Crippen molar-refractivity contribution in [2.45, 2.75) is 19.9 Å². The smallest absolute Gasteiger partial charge is 0.229 e. The highest BCUT2D eigenvalue weighted by atomic mass is 32.2. The van der Waals surface area contributed by atoms with Gasteiger partial charge in [0.2, 0.25) is 15.9 Å². The third kappa shape index (κ3) is 6.57. The number of carbonyl (C=O) groups excluding carboxylic acids is 1. The molecule has 30 heavy (non-hydrogen) atoms. The van der Waals surface area contributed by atoms with Crippen molar-refractivity contribution in [3.8, 4) is 16.3 Å². The fourth-order valence-corrected chi connectivity index (χ4v) is 4.15. The normalized spacial score (nSPS) is 11.1. The van der Waals surface area contributed by atoms with E-state index >= 15 is 0 Å². The number of rotatable bonds is 9. The topological polar surface area (TPSA) is 97.4 Å². The maximum atomic E-state index is 12.3. The van der Waals surface area contributed by atoms with Gasteiger partial charge in [-0.15, -0.1) is 11.3 Å². The lowest BCUT2D eigenvalue weighted by Crippen LogP contribution is -2.24. The van der Waals surface area contributed by atoms with Crippen LogP contribution in [0.4, 0.5) is 5.69 Å². The van der Waals surface area contributed by atoms with Crippen LogP contribution in [0.25, 0.3) is 10.6 Å². The lowest BCUT2D eigenvalue weighted by molar-refractivity contribution is -0.120. The minimum atomic E-state index is -3.34. The number of nitrogens with zero attached hydrogens (tertiary/aromatic N) is 1. The lowest BCUT2D eigenvalue weighted by atomic mass is 10.2. The van der Waals surface area contributed by atoms with Gasteiger partial charge in [0.05, 0.1) is 25.0 Å². The van der Waals surface area contributed by atoms with E-state index in [1.165, 1.54) is 11.3 Å². The number of hydrogen-bond acceptors (Lipinski definition) is 6. The van der Waals surface area contributed by atoms with Gasteiger partial charge >= 0.3 is 0 Å². The van der Waals surface area contributed by atoms with Gasteiger partial charge in [-0.2, -0.15) is 0 Å². The van der Waals surface area contributed by atoms with Crippen LogP contribution in [0.5, 0.6) is 5.75 Å². The molecule has 0 saturated heterocycles. The molecule has 0 aliphatic heterocycles. The molecule has 1 amide bonds. The molecule has 0 aliphatic carbocycles. The molecule has 2 aromatic carbocycles. The van der Waals surface area contributed by atoms with E-state index in [1.54, 1.807) is 18.2 Å². The van der Waals surface area contributed by atoms with Crippen molar-refractivity contribution < 1.29 is 17.9 Å². The molecule has 0 atom stereocenters. The first-order valence-corrected chi connectivity index (χ1v) is 12.1. The van der Waals surface area contributed by atoms with E-state index in [0.717, 1.165) is 28.1 Å². The van der Waals surface area contributed by atoms with Crippen molar-refractivity contribution in [2.24, 2.45) is 0 Å². The second-order valence-corrected chi connectivity index (χ2v) is 9.24. The molecule has 0 spiro atoms. The number of sulfonamides is 1. The number of aromatic nitrogens is 1. The molecule has 9 heteroatoms. The van der Waals surface area contributed by atoms with Gasteiger partial charge < -0.3 is 10.1 Å². The number of thiazole rings is 1. The Morgan fingerprint density at radius 2 is 1.93 bits per heavy atom. The molecule has 3 rings (SSSR count). The van der Waals surface area contributed by atoms with E-state index < -0.39 is 10.0 Å². The van der Waals surface area contributed by atoms with Gasteiger partial charge in [0, 0.05) is 23.2 Å². The van der Waals surface area contributed by atoms with Crippen LogP contribution in [0.1, 0.15) is 18.2 Å². The highest BCUT2D eigenvalue weighted by Gasteiger charge is 2.10. The first kappa shape index (κ1) is 21.8. The molecule has 0 radical (unpaired) electrons. The van der Waals surface area contributed by atoms with Gasteiger partial charge in [0.25, 0.3) is 0 Å². The van der Waals surface area contributed by atoms with Gasteiger partial charge in [0.1, 0.15) is 10.8 Å². The fraction of sp³-hybridized carbons (Fsp3) is 0.238. The zero-order valence-corrected chi connectivity index (χ0v) is 18.3. The van der Waals surface area contributed by atoms with Crippen LogP contribution in [-0.4, -0.2) is 32.2 Å². The largest absolute Gasteiger partial charge is 0.494 e. The van der Waals surface area contributed by atoms with Crippen molar-refractivity contribution in [1.29, 1.82) is 0 Å². The van der Waals surface area contributed by atoms with E-state index in [2.05, 4.69) is 15.0 Å². The monoisotopic (exact) mass is 445 g/mol. The van der Waals surface area contributed by atoms with Gasteiger partial charge in [-0.05, 0) is 48.9 Å². The Morgan fingerprint density at radius 1 is 1.17 bits per heavy atom. The van der Waals surface area contributed by atoms with Crippen LogP contribution < -0.4 is 14.8 Å². The van der Waals surface area contributed by atoms with Gasteiger partial charge in [0.15, 0.2) is 0 Å². The summed E-state index contributed by atoms with van der Waals surface area (Å²) in [4.78, 5) is 16.8. The molecular weight excluding hydrogens is 422 g/mol. The second kappa shape index (κ2) is 9.73. The maximum absolute atomic E-state index is 12.3. The third-order valence-corrected chi connectivity index (χ3v) is 5.57. The van der Waals surface area contributed by atoms with E-state index in [9.17, 15) is 13.2 Å². The van der Waals surface area contributed by atoms with Crippen molar-refractivity contribution in [3.05, 3.63) is 65.2 Å². The molecule has 0 aliphatic rings. The number of anilines is 1. The Balaban J connectivity index is 1.55. The molecule has 7 nitrogen and oxygen atoms in total. The predicted molar refractivity (Wildman–Crippen MR) is 119 cm³/mol. The molecule has 2 N–H and O–H groups in total. The SMILES string of the molecule is CCOc1ccc(-c2nc(CC(=O)NCc3cccc(NS(C)(=O)=O)c3)cs2)cc1. The summed E-state index contributed by atoms with van der Waals surface area (Å²) in [6, 6.07) is 14.6. The van der Waals surface area contributed by atoms with Crippen LogP contribution >= 0.6 is 11.3 Å². The Labute approximate surface area is 180 Å². The zero-order chi connectivity index (χ0) is 21.6. The fourth-order valence-electron chi connectivity index (χ4n) is 2.77. The summed E-state index contributed by atoms with van der Waals surface area (Å²) in [6.45, 7) is 2.86. The Kier molecular flexibility index (Phi) is 7.07. The van der Waals surface area contributed by atoms with E-state index in [-0.39, 0.29) is 12.3 Å². The number of carbonyl (C=O) groups is 1. The number of amides is 1. The molecule has 0 unspecified atom stereocenters. The first-order chi connectivity index (χ1) is 14.3. The molecular formula is C21H23N3O4S2. The van der Waals surface area contributed by atoms with Crippen molar-refractivity contribution >= 4 is 33.0 Å². The van der Waals surface area contributed by atoms with Gasteiger partial charge in [-0.1, -0.05) is 12.1 Å². The van der Waals surface area contributed by atoms with Gasteiger partial charge in [-0.25, -0.2) is 13.4 Å². The minimum Gasteiger partial charge on any atom is -0.494 e. The van der Waals surface area contributed by atoms with E-state index in [1.807, 2.05) is 42.6 Å². The standard InChI is InChI=1S/C21H23N3O4S2/c1-3-28-19-9-7-16(8-10-19)21-23-18(14-29-21)12-20(25)22-13-15-5-4-6-17(11-15)24-30(2,26)27/h4-11,14,24H,3,12-13H2,1-2H3,(H,22,25). The molecule has 0 bridgehead atoms. The van der Waals surface area contributed by atoms with Crippen LogP contribution in [0, 0.1) is 0 Å². The maximum Gasteiger partial charge on any atom is 0.229 e. The molecule has 0 saturated carbocycles. The molecule has 3 aromatic rings. The number of hydrogen-bond donors (Lipinski definition) is 2. The highest BCUT2D eigenvalue weighted by molar-refractivity contribution is 7.92. The van der Waals surface area contributed by atoms with Crippen LogP contribution in [0.2, 0.25) is 0 Å². The predicted octanol–water partition coefficient (Wildman–Crippen LogP) is 3.44. The third-order valence-electron chi connectivity index (χ3n) is 4.03. The number of nitrogens with one attached hydrogen (secondary N) is 2. The van der Waals surface area contributed by atoms with Crippen LogP contribution in [-0.2, 0) is 27.8 Å². The van der Waals surface area contributed by atoms with Crippen LogP contribution in [0.3, 0.4) is 0 Å². The summed E-state index contributed by atoms with van der Waals surface area (Å²) in [6.07, 6.45) is 1.27. The molecule has 1 aromatic heterocycles.